The number of para-hydroxylation sites is 1. The molecule has 2 heterocycles. The Bertz CT molecular complexity index is 903. The van der Waals surface area contributed by atoms with Crippen molar-refractivity contribution in [3.63, 3.8) is 0 Å². The summed E-state index contributed by atoms with van der Waals surface area (Å²) in [5.41, 5.74) is 2.00. The molecule has 1 aromatic carbocycles. The van der Waals surface area contributed by atoms with Gasteiger partial charge in [-0.3, -0.25) is 4.79 Å². The third kappa shape index (κ3) is 3.70. The number of thiophene rings is 1. The minimum atomic E-state index is -3.72. The zero-order valence-corrected chi connectivity index (χ0v) is 16.9. The SMILES string of the molecule is CCc1ccc(S(=O)(=O)N[C@H](C(=O)N2CCc3ccccc32)C(C)C)s1. The van der Waals surface area contributed by atoms with E-state index in [4.69, 9.17) is 0 Å². The Balaban J connectivity index is 1.85. The van der Waals surface area contributed by atoms with Crippen molar-refractivity contribution >= 4 is 33.0 Å². The van der Waals surface area contributed by atoms with Crippen LogP contribution in [0.2, 0.25) is 0 Å². The van der Waals surface area contributed by atoms with E-state index in [0.717, 1.165) is 29.0 Å². The Morgan fingerprint density at radius 3 is 2.62 bits per heavy atom. The molecule has 140 valence electrons. The number of anilines is 1. The largest absolute Gasteiger partial charge is 0.310 e. The summed E-state index contributed by atoms with van der Waals surface area (Å²) in [6.45, 7) is 6.29. The van der Waals surface area contributed by atoms with Crippen LogP contribution in [0.25, 0.3) is 0 Å². The van der Waals surface area contributed by atoms with Crippen LogP contribution >= 0.6 is 11.3 Å². The van der Waals surface area contributed by atoms with Crippen LogP contribution in [0.3, 0.4) is 0 Å². The minimum Gasteiger partial charge on any atom is -0.310 e. The number of sulfonamides is 1. The maximum absolute atomic E-state index is 13.1. The Kier molecular flexibility index (Phi) is 5.50. The molecule has 1 aliphatic rings. The smallest absolute Gasteiger partial charge is 0.250 e. The highest BCUT2D eigenvalue weighted by Gasteiger charge is 2.35. The first-order chi connectivity index (χ1) is 12.3. The van der Waals surface area contributed by atoms with Crippen LogP contribution in [0.15, 0.2) is 40.6 Å². The summed E-state index contributed by atoms with van der Waals surface area (Å²) < 4.78 is 28.4. The molecule has 3 rings (SSSR count). The number of rotatable bonds is 6. The van der Waals surface area contributed by atoms with Gasteiger partial charge in [-0.25, -0.2) is 8.42 Å². The molecule has 0 unspecified atom stereocenters. The number of nitrogens with one attached hydrogen (secondary N) is 1. The lowest BCUT2D eigenvalue weighted by molar-refractivity contribution is -0.121. The Hall–Kier alpha value is -1.70. The molecule has 0 saturated heterocycles. The Morgan fingerprint density at radius 2 is 1.96 bits per heavy atom. The second kappa shape index (κ2) is 7.50. The zero-order chi connectivity index (χ0) is 18.9. The second-order valence-corrected chi connectivity index (χ2v) is 9.90. The van der Waals surface area contributed by atoms with Gasteiger partial charge >= 0.3 is 0 Å². The van der Waals surface area contributed by atoms with E-state index in [2.05, 4.69) is 4.72 Å². The fourth-order valence-corrected chi connectivity index (χ4v) is 5.77. The molecule has 0 saturated carbocycles. The average Bonchev–Trinajstić information content (AvgIpc) is 3.26. The normalized spacial score (nSPS) is 15.3. The second-order valence-electron chi connectivity index (χ2n) is 6.79. The van der Waals surface area contributed by atoms with Crippen LogP contribution in [0, 0.1) is 5.92 Å². The van der Waals surface area contributed by atoms with Gasteiger partial charge in [0.1, 0.15) is 10.3 Å². The lowest BCUT2D eigenvalue weighted by atomic mass is 10.0. The first-order valence-electron chi connectivity index (χ1n) is 8.84. The predicted molar refractivity (Wildman–Crippen MR) is 105 cm³/mol. The van der Waals surface area contributed by atoms with Gasteiger partial charge in [-0.2, -0.15) is 4.72 Å². The molecule has 1 N–H and O–H groups in total. The van der Waals surface area contributed by atoms with E-state index in [9.17, 15) is 13.2 Å². The van der Waals surface area contributed by atoms with E-state index < -0.39 is 16.1 Å². The van der Waals surface area contributed by atoms with Crippen molar-refractivity contribution in [2.24, 2.45) is 5.92 Å². The van der Waals surface area contributed by atoms with Crippen molar-refractivity contribution in [1.29, 1.82) is 0 Å². The van der Waals surface area contributed by atoms with Gasteiger partial charge in [0.05, 0.1) is 0 Å². The number of aryl methyl sites for hydroxylation is 1. The molecule has 0 fully saturated rings. The van der Waals surface area contributed by atoms with E-state index >= 15 is 0 Å². The molecule has 1 aromatic heterocycles. The maximum atomic E-state index is 13.1. The number of hydrogen-bond donors (Lipinski definition) is 1. The Morgan fingerprint density at radius 1 is 1.23 bits per heavy atom. The quantitative estimate of drug-likeness (QED) is 0.821. The number of fused-ring (bicyclic) bond motifs is 1. The number of nitrogens with zero attached hydrogens (tertiary/aromatic N) is 1. The van der Waals surface area contributed by atoms with E-state index in [1.165, 1.54) is 11.3 Å². The summed E-state index contributed by atoms with van der Waals surface area (Å²) in [4.78, 5) is 15.8. The van der Waals surface area contributed by atoms with Gasteiger partial charge in [0, 0.05) is 17.1 Å². The van der Waals surface area contributed by atoms with E-state index in [-0.39, 0.29) is 16.0 Å². The summed E-state index contributed by atoms with van der Waals surface area (Å²) >= 11 is 1.25. The average molecular weight is 393 g/mol. The molecule has 2 aromatic rings. The first kappa shape index (κ1) is 19.1. The van der Waals surface area contributed by atoms with Crippen LogP contribution in [0.5, 0.6) is 0 Å². The van der Waals surface area contributed by atoms with E-state index in [1.807, 2.05) is 51.1 Å². The highest BCUT2D eigenvalue weighted by molar-refractivity contribution is 7.91. The molecular weight excluding hydrogens is 368 g/mol. The summed E-state index contributed by atoms with van der Waals surface area (Å²) in [6.07, 6.45) is 1.58. The number of carbonyl (C=O) groups excluding carboxylic acids is 1. The number of benzene rings is 1. The van der Waals surface area contributed by atoms with Crippen LogP contribution in [-0.2, 0) is 27.7 Å². The molecule has 0 aliphatic carbocycles. The molecule has 1 amide bonds. The van der Waals surface area contributed by atoms with Gasteiger partial charge in [-0.1, -0.05) is 39.0 Å². The third-order valence-corrected chi connectivity index (χ3v) is 7.78. The van der Waals surface area contributed by atoms with Crippen LogP contribution < -0.4 is 9.62 Å². The topological polar surface area (TPSA) is 66.5 Å². The van der Waals surface area contributed by atoms with Gasteiger partial charge in [0.25, 0.3) is 10.0 Å². The molecule has 0 spiro atoms. The lowest BCUT2D eigenvalue weighted by Crippen LogP contribution is -2.50. The highest BCUT2D eigenvalue weighted by Crippen LogP contribution is 2.29. The molecule has 1 atom stereocenters. The maximum Gasteiger partial charge on any atom is 0.250 e. The number of carbonyl (C=O) groups is 1. The van der Waals surface area contributed by atoms with Crippen LogP contribution in [0.4, 0.5) is 5.69 Å². The summed E-state index contributed by atoms with van der Waals surface area (Å²) in [5.74, 6) is -0.351. The lowest BCUT2D eigenvalue weighted by Gasteiger charge is -2.27. The van der Waals surface area contributed by atoms with Crippen molar-refractivity contribution in [1.82, 2.24) is 4.72 Å². The van der Waals surface area contributed by atoms with Crippen molar-refractivity contribution in [2.45, 2.75) is 43.9 Å². The Labute approximate surface area is 159 Å². The van der Waals surface area contributed by atoms with E-state index in [0.29, 0.717) is 6.54 Å². The van der Waals surface area contributed by atoms with Crippen molar-refractivity contribution in [2.75, 3.05) is 11.4 Å². The third-order valence-electron chi connectivity index (χ3n) is 4.62. The minimum absolute atomic E-state index is 0.157. The van der Waals surface area contributed by atoms with Crippen molar-refractivity contribution in [3.05, 3.63) is 46.8 Å². The molecule has 7 heteroatoms. The van der Waals surface area contributed by atoms with Crippen molar-refractivity contribution in [3.8, 4) is 0 Å². The van der Waals surface area contributed by atoms with Gasteiger partial charge in [0.2, 0.25) is 5.91 Å². The zero-order valence-electron chi connectivity index (χ0n) is 15.2. The first-order valence-corrected chi connectivity index (χ1v) is 11.1. The predicted octanol–water partition coefficient (Wildman–Crippen LogP) is 3.20. The van der Waals surface area contributed by atoms with Crippen molar-refractivity contribution < 1.29 is 13.2 Å². The number of amides is 1. The van der Waals surface area contributed by atoms with Crippen LogP contribution in [0.1, 0.15) is 31.2 Å². The molecule has 0 bridgehead atoms. The highest BCUT2D eigenvalue weighted by atomic mass is 32.2. The molecular formula is C19H24N2O3S2. The molecule has 5 nitrogen and oxygen atoms in total. The fraction of sp³-hybridized carbons (Fsp3) is 0.421. The van der Waals surface area contributed by atoms with E-state index in [1.54, 1.807) is 11.0 Å². The van der Waals surface area contributed by atoms with Gasteiger partial charge in [-0.05, 0) is 42.5 Å². The molecule has 26 heavy (non-hydrogen) atoms. The van der Waals surface area contributed by atoms with Crippen LogP contribution in [-0.4, -0.2) is 26.9 Å². The van der Waals surface area contributed by atoms with Gasteiger partial charge < -0.3 is 4.90 Å². The fourth-order valence-electron chi connectivity index (χ4n) is 3.12. The summed E-state index contributed by atoms with van der Waals surface area (Å²) in [7, 11) is -3.72. The summed E-state index contributed by atoms with van der Waals surface area (Å²) in [6, 6.07) is 10.4. The molecule has 0 radical (unpaired) electrons. The molecule has 1 aliphatic heterocycles. The summed E-state index contributed by atoms with van der Waals surface area (Å²) in [5, 5.41) is 0. The van der Waals surface area contributed by atoms with Gasteiger partial charge in [-0.15, -0.1) is 11.3 Å². The standard InChI is InChI=1S/C19H24N2O3S2/c1-4-15-9-10-17(25-15)26(23,24)20-18(13(2)3)19(22)21-12-11-14-7-5-6-8-16(14)21/h5-10,13,18,20H,4,11-12H2,1-3H3/t18-/m0/s1. The van der Waals surface area contributed by atoms with Gasteiger partial charge in [0.15, 0.2) is 0 Å². The number of hydrogen-bond acceptors (Lipinski definition) is 4. The monoisotopic (exact) mass is 392 g/mol.